The van der Waals surface area contributed by atoms with E-state index in [0.29, 0.717) is 12.1 Å². The largest absolute Gasteiger partial charge is 0.311 e. The number of rotatable bonds is 4. The molecule has 1 radical (unpaired) electrons. The van der Waals surface area contributed by atoms with Gasteiger partial charge in [0.2, 0.25) is 0 Å². The van der Waals surface area contributed by atoms with E-state index in [9.17, 15) is 0 Å². The summed E-state index contributed by atoms with van der Waals surface area (Å²) in [7, 11) is 0. The summed E-state index contributed by atoms with van der Waals surface area (Å²) in [4.78, 5) is 0. The van der Waals surface area contributed by atoms with Crippen LogP contribution in [0.4, 0.5) is 0 Å². The molecule has 1 saturated heterocycles. The molecule has 12 heavy (non-hydrogen) atoms. The lowest BCUT2D eigenvalue weighted by Crippen LogP contribution is -2.50. The number of nitrogens with one attached hydrogen (secondary N) is 1. The summed E-state index contributed by atoms with van der Waals surface area (Å²) in [6.45, 7) is 6.62. The van der Waals surface area contributed by atoms with Crippen LogP contribution in [0.5, 0.6) is 0 Å². The molecule has 1 aliphatic rings. The van der Waals surface area contributed by atoms with Crippen molar-refractivity contribution in [2.75, 3.05) is 13.1 Å². The van der Waals surface area contributed by atoms with Gasteiger partial charge in [-0.25, -0.2) is 5.32 Å². The second kappa shape index (κ2) is 5.55. The molecule has 0 aromatic carbocycles. The minimum Gasteiger partial charge on any atom is -0.311 e. The summed E-state index contributed by atoms with van der Waals surface area (Å²) in [6.07, 6.45) is 5.06. The maximum Gasteiger partial charge on any atom is 0.0371 e. The molecule has 0 amide bonds. The molecule has 0 spiro atoms. The minimum absolute atomic E-state index is 0.600. The Hall–Kier alpha value is -0.0800. The van der Waals surface area contributed by atoms with Gasteiger partial charge in [0, 0.05) is 25.2 Å². The van der Waals surface area contributed by atoms with E-state index in [1.165, 1.54) is 25.7 Å². The van der Waals surface area contributed by atoms with Gasteiger partial charge in [-0.15, -0.1) is 0 Å². The zero-order chi connectivity index (χ0) is 8.81. The lowest BCUT2D eigenvalue weighted by molar-refractivity contribution is 0.314. The molecule has 1 fully saturated rings. The number of hydrogen-bond donors (Lipinski definition) is 1. The minimum atomic E-state index is 0.600. The maximum absolute atomic E-state index is 4.66. The van der Waals surface area contributed by atoms with Crippen LogP contribution in [0.2, 0.25) is 0 Å². The van der Waals surface area contributed by atoms with Crippen LogP contribution in [-0.2, 0) is 0 Å². The van der Waals surface area contributed by atoms with Crippen molar-refractivity contribution >= 4 is 0 Å². The van der Waals surface area contributed by atoms with Gasteiger partial charge in [-0.3, -0.25) is 0 Å². The summed E-state index contributed by atoms with van der Waals surface area (Å²) >= 11 is 0. The number of hydrogen-bond acceptors (Lipinski definition) is 1. The number of piperazine rings is 1. The average molecular weight is 169 g/mol. The van der Waals surface area contributed by atoms with Gasteiger partial charge in [0.05, 0.1) is 0 Å². The Morgan fingerprint density at radius 3 is 2.50 bits per heavy atom. The molecule has 1 rings (SSSR count). The Labute approximate surface area is 76.1 Å². The van der Waals surface area contributed by atoms with Gasteiger partial charge < -0.3 is 5.32 Å². The number of nitrogens with zero attached hydrogens (tertiary/aromatic N) is 1. The van der Waals surface area contributed by atoms with E-state index in [1.807, 2.05) is 0 Å². The second-order valence-corrected chi connectivity index (χ2v) is 3.70. The zero-order valence-electron chi connectivity index (χ0n) is 8.34. The summed E-state index contributed by atoms with van der Waals surface area (Å²) < 4.78 is 0. The van der Waals surface area contributed by atoms with Crippen molar-refractivity contribution in [3.8, 4) is 0 Å². The molecule has 0 aromatic heterocycles. The van der Waals surface area contributed by atoms with E-state index in [4.69, 9.17) is 0 Å². The van der Waals surface area contributed by atoms with E-state index >= 15 is 0 Å². The molecule has 0 aromatic rings. The molecular weight excluding hydrogens is 148 g/mol. The van der Waals surface area contributed by atoms with E-state index in [2.05, 4.69) is 24.5 Å². The Morgan fingerprint density at radius 1 is 1.25 bits per heavy atom. The first-order valence-corrected chi connectivity index (χ1v) is 5.26. The predicted molar refractivity (Wildman–Crippen MR) is 52.4 cm³/mol. The second-order valence-electron chi connectivity index (χ2n) is 3.70. The molecule has 2 heteroatoms. The van der Waals surface area contributed by atoms with Gasteiger partial charge in [0.25, 0.3) is 0 Å². The van der Waals surface area contributed by atoms with Crippen molar-refractivity contribution in [1.29, 1.82) is 0 Å². The summed E-state index contributed by atoms with van der Waals surface area (Å²) in [5, 5.41) is 8.22. The zero-order valence-corrected chi connectivity index (χ0v) is 8.34. The quantitative estimate of drug-likeness (QED) is 0.678. The van der Waals surface area contributed by atoms with Gasteiger partial charge in [-0.05, 0) is 12.8 Å². The molecule has 2 atom stereocenters. The topological polar surface area (TPSA) is 26.1 Å². The lowest BCUT2D eigenvalue weighted by Gasteiger charge is -2.29. The fourth-order valence-electron chi connectivity index (χ4n) is 1.78. The van der Waals surface area contributed by atoms with Crippen LogP contribution < -0.4 is 10.6 Å². The maximum atomic E-state index is 4.66. The highest BCUT2D eigenvalue weighted by molar-refractivity contribution is 4.81. The molecule has 0 saturated carbocycles. The predicted octanol–water partition coefficient (Wildman–Crippen LogP) is 1.53. The third kappa shape index (κ3) is 3.11. The van der Waals surface area contributed by atoms with Crippen molar-refractivity contribution in [3.63, 3.8) is 0 Å². The summed E-state index contributed by atoms with van der Waals surface area (Å²) in [5.41, 5.74) is 0. The standard InChI is InChI=1S/C10H21N2/c1-3-5-9-7-12-10(6-4-2)8-11-9/h9-11H,3-8H2,1-2H3. The first-order valence-electron chi connectivity index (χ1n) is 5.26. The van der Waals surface area contributed by atoms with Crippen LogP contribution in [0.25, 0.3) is 0 Å². The molecular formula is C10H21N2. The molecule has 0 bridgehead atoms. The third-order valence-corrected chi connectivity index (χ3v) is 2.49. The van der Waals surface area contributed by atoms with E-state index < -0.39 is 0 Å². The van der Waals surface area contributed by atoms with Crippen LogP contribution in [0.3, 0.4) is 0 Å². The first kappa shape index (κ1) is 10.0. The smallest absolute Gasteiger partial charge is 0.0371 e. The highest BCUT2D eigenvalue weighted by Gasteiger charge is 2.18. The van der Waals surface area contributed by atoms with Crippen LogP contribution in [0, 0.1) is 0 Å². The fourth-order valence-corrected chi connectivity index (χ4v) is 1.78. The highest BCUT2D eigenvalue weighted by atomic mass is 15.1. The molecule has 1 aliphatic heterocycles. The third-order valence-electron chi connectivity index (χ3n) is 2.49. The average Bonchev–Trinajstić information content (AvgIpc) is 2.09. The molecule has 0 aliphatic carbocycles. The fraction of sp³-hybridized carbons (Fsp3) is 1.00. The molecule has 2 nitrogen and oxygen atoms in total. The normalized spacial score (nSPS) is 30.5. The summed E-state index contributed by atoms with van der Waals surface area (Å²) in [6, 6.07) is 1.27. The Morgan fingerprint density at radius 2 is 2.00 bits per heavy atom. The van der Waals surface area contributed by atoms with E-state index in [0.717, 1.165) is 13.1 Å². The Bertz CT molecular complexity index is 92.4. The first-order chi connectivity index (χ1) is 5.86. The highest BCUT2D eigenvalue weighted by Crippen LogP contribution is 2.05. The van der Waals surface area contributed by atoms with E-state index in [1.54, 1.807) is 0 Å². The van der Waals surface area contributed by atoms with Crippen molar-refractivity contribution in [2.45, 2.75) is 51.6 Å². The summed E-state index contributed by atoms with van der Waals surface area (Å²) in [5.74, 6) is 0. The van der Waals surface area contributed by atoms with Crippen molar-refractivity contribution in [1.82, 2.24) is 10.6 Å². The van der Waals surface area contributed by atoms with Crippen molar-refractivity contribution in [2.24, 2.45) is 0 Å². The molecule has 1 heterocycles. The van der Waals surface area contributed by atoms with Crippen molar-refractivity contribution < 1.29 is 0 Å². The Kier molecular flexibility index (Phi) is 4.62. The van der Waals surface area contributed by atoms with Gasteiger partial charge in [0.15, 0.2) is 0 Å². The lowest BCUT2D eigenvalue weighted by atomic mass is 10.1. The molecule has 2 unspecified atom stereocenters. The van der Waals surface area contributed by atoms with E-state index in [-0.39, 0.29) is 0 Å². The van der Waals surface area contributed by atoms with Gasteiger partial charge in [-0.2, -0.15) is 0 Å². The Balaban J connectivity index is 2.11. The van der Waals surface area contributed by atoms with Gasteiger partial charge in [-0.1, -0.05) is 26.7 Å². The van der Waals surface area contributed by atoms with Crippen LogP contribution >= 0.6 is 0 Å². The molecule has 71 valence electrons. The van der Waals surface area contributed by atoms with Crippen molar-refractivity contribution in [3.05, 3.63) is 0 Å². The van der Waals surface area contributed by atoms with Crippen LogP contribution in [0.1, 0.15) is 39.5 Å². The van der Waals surface area contributed by atoms with Gasteiger partial charge >= 0.3 is 0 Å². The van der Waals surface area contributed by atoms with Crippen LogP contribution in [-0.4, -0.2) is 25.2 Å². The van der Waals surface area contributed by atoms with Gasteiger partial charge in [0.1, 0.15) is 0 Å². The monoisotopic (exact) mass is 169 g/mol. The van der Waals surface area contributed by atoms with Crippen LogP contribution in [0.15, 0.2) is 0 Å². The molecule has 1 N–H and O–H groups in total. The SMILES string of the molecule is CCCC1CNC(CCC)C[N]1.